The van der Waals surface area contributed by atoms with Gasteiger partial charge in [-0.25, -0.2) is 4.98 Å². The fourth-order valence-corrected chi connectivity index (χ4v) is 3.22. The van der Waals surface area contributed by atoms with Crippen LogP contribution in [0.2, 0.25) is 0 Å². The zero-order valence-electron chi connectivity index (χ0n) is 15.0. The van der Waals surface area contributed by atoms with E-state index in [0.29, 0.717) is 0 Å². The molecule has 2 aromatic heterocycles. The van der Waals surface area contributed by atoms with Gasteiger partial charge in [0.25, 0.3) is 0 Å². The standard InChI is InChI=1S/C21H23N5/c1-16-9-14-26(15-10-16)21-23-13-8-20(25-21)24-19-4-2-17(3-5-19)18-6-11-22-12-7-18/h2-8,11-13,16H,9-10,14-15H2,1H3,(H,23,24,25). The van der Waals surface area contributed by atoms with Crippen molar-refractivity contribution in [2.45, 2.75) is 19.8 Å². The molecule has 3 aromatic rings. The number of benzene rings is 1. The van der Waals surface area contributed by atoms with Gasteiger partial charge in [0.15, 0.2) is 0 Å². The molecule has 1 aliphatic rings. The van der Waals surface area contributed by atoms with Crippen molar-refractivity contribution in [3.8, 4) is 11.1 Å². The number of hydrogen-bond acceptors (Lipinski definition) is 5. The molecule has 1 aromatic carbocycles. The van der Waals surface area contributed by atoms with E-state index < -0.39 is 0 Å². The number of nitrogens with one attached hydrogen (secondary N) is 1. The quantitative estimate of drug-likeness (QED) is 0.753. The van der Waals surface area contributed by atoms with Crippen molar-refractivity contribution in [3.63, 3.8) is 0 Å². The third-order valence-electron chi connectivity index (χ3n) is 4.88. The van der Waals surface area contributed by atoms with Crippen LogP contribution < -0.4 is 10.2 Å². The Bertz CT molecular complexity index is 840. The first-order valence-corrected chi connectivity index (χ1v) is 9.13. The van der Waals surface area contributed by atoms with Gasteiger partial charge in [-0.15, -0.1) is 0 Å². The topological polar surface area (TPSA) is 53.9 Å². The Balaban J connectivity index is 1.46. The highest BCUT2D eigenvalue weighted by molar-refractivity contribution is 5.67. The van der Waals surface area contributed by atoms with E-state index in [4.69, 9.17) is 4.98 Å². The van der Waals surface area contributed by atoms with E-state index in [1.165, 1.54) is 18.4 Å². The maximum absolute atomic E-state index is 4.69. The van der Waals surface area contributed by atoms with Crippen LogP contribution in [-0.2, 0) is 0 Å². The van der Waals surface area contributed by atoms with E-state index in [0.717, 1.165) is 42.0 Å². The van der Waals surface area contributed by atoms with Crippen LogP contribution in [0.4, 0.5) is 17.5 Å². The van der Waals surface area contributed by atoms with Gasteiger partial charge >= 0.3 is 0 Å². The van der Waals surface area contributed by atoms with Crippen molar-refractivity contribution in [2.75, 3.05) is 23.3 Å². The molecule has 4 rings (SSSR count). The molecule has 1 aliphatic heterocycles. The Morgan fingerprint density at radius 1 is 0.885 bits per heavy atom. The first-order valence-electron chi connectivity index (χ1n) is 9.13. The summed E-state index contributed by atoms with van der Waals surface area (Å²) >= 11 is 0. The third-order valence-corrected chi connectivity index (χ3v) is 4.88. The van der Waals surface area contributed by atoms with E-state index in [2.05, 4.69) is 51.4 Å². The van der Waals surface area contributed by atoms with Crippen molar-refractivity contribution < 1.29 is 0 Å². The minimum atomic E-state index is 0.798. The van der Waals surface area contributed by atoms with Crippen LogP contribution in [0, 0.1) is 5.92 Å². The molecular weight excluding hydrogens is 322 g/mol. The molecule has 0 aliphatic carbocycles. The van der Waals surface area contributed by atoms with Gasteiger partial charge in [-0.3, -0.25) is 4.98 Å². The van der Waals surface area contributed by atoms with Crippen LogP contribution in [0.15, 0.2) is 61.1 Å². The number of anilines is 3. The predicted molar refractivity (Wildman–Crippen MR) is 106 cm³/mol. The van der Waals surface area contributed by atoms with Crippen molar-refractivity contribution in [3.05, 3.63) is 61.1 Å². The summed E-state index contributed by atoms with van der Waals surface area (Å²) < 4.78 is 0. The minimum absolute atomic E-state index is 0.798. The summed E-state index contributed by atoms with van der Waals surface area (Å²) in [5.41, 5.74) is 3.35. The summed E-state index contributed by atoms with van der Waals surface area (Å²) in [5.74, 6) is 2.44. The van der Waals surface area contributed by atoms with Crippen molar-refractivity contribution >= 4 is 17.5 Å². The molecule has 1 fully saturated rings. The van der Waals surface area contributed by atoms with Crippen LogP contribution in [0.25, 0.3) is 11.1 Å². The summed E-state index contributed by atoms with van der Waals surface area (Å²) in [7, 11) is 0. The van der Waals surface area contributed by atoms with Crippen LogP contribution in [0.5, 0.6) is 0 Å². The Kier molecular flexibility index (Phi) is 4.78. The number of hydrogen-bond donors (Lipinski definition) is 1. The van der Waals surface area contributed by atoms with E-state index in [1.807, 2.05) is 36.8 Å². The molecule has 3 heterocycles. The highest BCUT2D eigenvalue weighted by atomic mass is 15.3. The number of pyridine rings is 1. The van der Waals surface area contributed by atoms with Gasteiger partial charge in [0.2, 0.25) is 5.95 Å². The number of aromatic nitrogens is 3. The lowest BCUT2D eigenvalue weighted by molar-refractivity contribution is 0.434. The second kappa shape index (κ2) is 7.52. The first-order chi connectivity index (χ1) is 12.8. The maximum Gasteiger partial charge on any atom is 0.227 e. The second-order valence-corrected chi connectivity index (χ2v) is 6.85. The highest BCUT2D eigenvalue weighted by Gasteiger charge is 2.18. The van der Waals surface area contributed by atoms with Crippen LogP contribution in [0.1, 0.15) is 19.8 Å². The van der Waals surface area contributed by atoms with Crippen LogP contribution in [0.3, 0.4) is 0 Å². The van der Waals surface area contributed by atoms with E-state index in [9.17, 15) is 0 Å². The molecule has 0 unspecified atom stereocenters. The van der Waals surface area contributed by atoms with Gasteiger partial charge in [0.05, 0.1) is 0 Å². The minimum Gasteiger partial charge on any atom is -0.341 e. The van der Waals surface area contributed by atoms with E-state index in [1.54, 1.807) is 0 Å². The number of rotatable bonds is 4. The SMILES string of the molecule is CC1CCN(c2nccc(Nc3ccc(-c4ccncc4)cc3)n2)CC1. The molecule has 0 bridgehead atoms. The van der Waals surface area contributed by atoms with Gasteiger partial charge < -0.3 is 10.2 Å². The van der Waals surface area contributed by atoms with Crippen LogP contribution >= 0.6 is 0 Å². The Labute approximate surface area is 154 Å². The first kappa shape index (κ1) is 16.5. The molecule has 0 radical (unpaired) electrons. The molecule has 0 saturated carbocycles. The summed E-state index contributed by atoms with van der Waals surface area (Å²) in [6, 6.07) is 14.3. The summed E-state index contributed by atoms with van der Waals surface area (Å²) in [6.45, 7) is 4.38. The van der Waals surface area contributed by atoms with Gasteiger partial charge in [-0.05, 0) is 60.2 Å². The maximum atomic E-state index is 4.69. The molecular formula is C21H23N5. The second-order valence-electron chi connectivity index (χ2n) is 6.85. The van der Waals surface area contributed by atoms with E-state index in [-0.39, 0.29) is 0 Å². The highest BCUT2D eigenvalue weighted by Crippen LogP contribution is 2.24. The third kappa shape index (κ3) is 3.82. The predicted octanol–water partition coefficient (Wildman–Crippen LogP) is 4.52. The number of piperidine rings is 1. The molecule has 1 N–H and O–H groups in total. The van der Waals surface area contributed by atoms with E-state index >= 15 is 0 Å². The van der Waals surface area contributed by atoms with Crippen molar-refractivity contribution in [1.82, 2.24) is 15.0 Å². The largest absolute Gasteiger partial charge is 0.341 e. The normalized spacial score (nSPS) is 15.0. The molecule has 0 amide bonds. The lowest BCUT2D eigenvalue weighted by Crippen LogP contribution is -2.34. The molecule has 0 spiro atoms. The Morgan fingerprint density at radius 2 is 1.58 bits per heavy atom. The zero-order valence-corrected chi connectivity index (χ0v) is 15.0. The van der Waals surface area contributed by atoms with Gasteiger partial charge in [0.1, 0.15) is 5.82 Å². The fraction of sp³-hybridized carbons (Fsp3) is 0.286. The molecule has 0 atom stereocenters. The smallest absolute Gasteiger partial charge is 0.227 e. The molecule has 5 nitrogen and oxygen atoms in total. The van der Waals surface area contributed by atoms with Gasteiger partial charge in [-0.1, -0.05) is 19.1 Å². The molecule has 1 saturated heterocycles. The zero-order chi connectivity index (χ0) is 17.8. The fourth-order valence-electron chi connectivity index (χ4n) is 3.22. The summed E-state index contributed by atoms with van der Waals surface area (Å²) in [4.78, 5) is 15.5. The van der Waals surface area contributed by atoms with Gasteiger partial charge in [-0.2, -0.15) is 4.98 Å². The lowest BCUT2D eigenvalue weighted by atomic mass is 10.00. The monoisotopic (exact) mass is 345 g/mol. The molecule has 26 heavy (non-hydrogen) atoms. The Hall–Kier alpha value is -2.95. The summed E-state index contributed by atoms with van der Waals surface area (Å²) in [5, 5.41) is 3.38. The lowest BCUT2D eigenvalue weighted by Gasteiger charge is -2.30. The van der Waals surface area contributed by atoms with Crippen molar-refractivity contribution in [2.24, 2.45) is 5.92 Å². The number of nitrogens with zero attached hydrogens (tertiary/aromatic N) is 4. The Morgan fingerprint density at radius 3 is 2.31 bits per heavy atom. The van der Waals surface area contributed by atoms with Gasteiger partial charge in [0, 0.05) is 37.4 Å². The average molecular weight is 345 g/mol. The molecule has 132 valence electrons. The average Bonchev–Trinajstić information content (AvgIpc) is 2.70. The van der Waals surface area contributed by atoms with Crippen LogP contribution in [-0.4, -0.2) is 28.0 Å². The van der Waals surface area contributed by atoms with Crippen molar-refractivity contribution in [1.29, 1.82) is 0 Å². The molecule has 5 heteroatoms. The summed E-state index contributed by atoms with van der Waals surface area (Å²) in [6.07, 6.45) is 7.86.